The van der Waals surface area contributed by atoms with Crippen LogP contribution >= 0.6 is 0 Å². The van der Waals surface area contributed by atoms with Crippen LogP contribution in [0, 0.1) is 0 Å². The van der Waals surface area contributed by atoms with E-state index < -0.39 is 0 Å². The van der Waals surface area contributed by atoms with Gasteiger partial charge in [0.15, 0.2) is 11.5 Å². The first-order valence-electron chi connectivity index (χ1n) is 8.62. The Balaban J connectivity index is 1.83. The van der Waals surface area contributed by atoms with Crippen LogP contribution < -0.4 is 15.2 Å². The number of nitrogens with two attached hydrogens (primary N) is 1. The summed E-state index contributed by atoms with van der Waals surface area (Å²) >= 11 is 0. The SMILES string of the molecule is C[C@H]1c2cc3c(cc2C2(CCCC2)CN1CCN)OCCO3. The molecular weight excluding hydrogens is 276 g/mol. The molecule has 0 bridgehead atoms. The average molecular weight is 302 g/mol. The number of hydrogen-bond acceptors (Lipinski definition) is 4. The topological polar surface area (TPSA) is 47.7 Å². The fourth-order valence-electron chi connectivity index (χ4n) is 4.63. The first kappa shape index (κ1) is 14.3. The third-order valence-electron chi connectivity index (χ3n) is 5.77. The van der Waals surface area contributed by atoms with Crippen molar-refractivity contribution in [1.82, 2.24) is 4.90 Å². The number of ether oxygens (including phenoxy) is 2. The van der Waals surface area contributed by atoms with Gasteiger partial charge in [-0.3, -0.25) is 4.90 Å². The van der Waals surface area contributed by atoms with Crippen molar-refractivity contribution in [1.29, 1.82) is 0 Å². The van der Waals surface area contributed by atoms with Crippen LogP contribution in [-0.4, -0.2) is 37.7 Å². The highest BCUT2D eigenvalue weighted by Crippen LogP contribution is 2.51. The monoisotopic (exact) mass is 302 g/mol. The van der Waals surface area contributed by atoms with E-state index in [1.807, 2.05) is 0 Å². The zero-order valence-corrected chi connectivity index (χ0v) is 13.4. The van der Waals surface area contributed by atoms with Crippen LogP contribution in [0.2, 0.25) is 0 Å². The number of benzene rings is 1. The first-order chi connectivity index (χ1) is 10.7. The Morgan fingerprint density at radius 2 is 1.86 bits per heavy atom. The molecule has 1 atom stereocenters. The minimum Gasteiger partial charge on any atom is -0.486 e. The van der Waals surface area contributed by atoms with Gasteiger partial charge in [-0.05, 0) is 43.0 Å². The van der Waals surface area contributed by atoms with E-state index in [-0.39, 0.29) is 0 Å². The lowest BCUT2D eigenvalue weighted by molar-refractivity contribution is 0.135. The van der Waals surface area contributed by atoms with Crippen molar-refractivity contribution in [2.75, 3.05) is 32.8 Å². The van der Waals surface area contributed by atoms with Gasteiger partial charge < -0.3 is 15.2 Å². The lowest BCUT2D eigenvalue weighted by atomic mass is 9.71. The van der Waals surface area contributed by atoms with E-state index in [1.54, 1.807) is 0 Å². The van der Waals surface area contributed by atoms with E-state index >= 15 is 0 Å². The largest absolute Gasteiger partial charge is 0.486 e. The van der Waals surface area contributed by atoms with E-state index in [0.29, 0.717) is 24.7 Å². The van der Waals surface area contributed by atoms with Crippen LogP contribution in [-0.2, 0) is 5.41 Å². The van der Waals surface area contributed by atoms with Crippen LogP contribution in [0.1, 0.15) is 49.8 Å². The standard InChI is InChI=1S/C18H26N2O2/c1-13-14-10-16-17(22-9-8-21-16)11-15(14)18(4-2-3-5-18)12-20(13)7-6-19/h10-11,13H,2-9,12,19H2,1H3/t13-/m0/s1. The second-order valence-electron chi connectivity index (χ2n) is 7.01. The predicted octanol–water partition coefficient (Wildman–Crippen LogP) is 2.60. The van der Waals surface area contributed by atoms with Gasteiger partial charge in [-0.1, -0.05) is 12.8 Å². The smallest absolute Gasteiger partial charge is 0.161 e. The molecular formula is C18H26N2O2. The summed E-state index contributed by atoms with van der Waals surface area (Å²) in [6.07, 6.45) is 5.23. The molecule has 2 heterocycles. The Bertz CT molecular complexity index is 566. The van der Waals surface area contributed by atoms with Crippen molar-refractivity contribution >= 4 is 0 Å². The molecule has 4 nitrogen and oxygen atoms in total. The molecule has 1 spiro atoms. The highest BCUT2D eigenvalue weighted by Gasteiger charge is 2.44. The molecule has 4 heteroatoms. The summed E-state index contributed by atoms with van der Waals surface area (Å²) in [6, 6.07) is 4.92. The number of nitrogens with zero attached hydrogens (tertiary/aromatic N) is 1. The Hall–Kier alpha value is -1.26. The van der Waals surface area contributed by atoms with Gasteiger partial charge in [0.2, 0.25) is 0 Å². The summed E-state index contributed by atoms with van der Waals surface area (Å²) in [7, 11) is 0. The Labute approximate surface area is 132 Å². The molecule has 1 saturated carbocycles. The molecule has 1 aromatic carbocycles. The van der Waals surface area contributed by atoms with Crippen molar-refractivity contribution in [2.45, 2.75) is 44.1 Å². The van der Waals surface area contributed by atoms with E-state index in [0.717, 1.165) is 31.1 Å². The second-order valence-corrected chi connectivity index (χ2v) is 7.01. The molecule has 2 N–H and O–H groups in total. The molecule has 22 heavy (non-hydrogen) atoms. The maximum Gasteiger partial charge on any atom is 0.161 e. The Morgan fingerprint density at radius 3 is 2.55 bits per heavy atom. The first-order valence-corrected chi connectivity index (χ1v) is 8.62. The number of hydrogen-bond donors (Lipinski definition) is 1. The molecule has 3 aliphatic rings. The highest BCUT2D eigenvalue weighted by molar-refractivity contribution is 5.53. The van der Waals surface area contributed by atoms with Gasteiger partial charge in [0.1, 0.15) is 13.2 Å². The maximum atomic E-state index is 5.85. The van der Waals surface area contributed by atoms with Crippen LogP contribution in [0.4, 0.5) is 0 Å². The Kier molecular flexibility index (Phi) is 3.54. The second kappa shape index (κ2) is 5.43. The van der Waals surface area contributed by atoms with Gasteiger partial charge >= 0.3 is 0 Å². The molecule has 1 aromatic rings. The maximum absolute atomic E-state index is 5.85. The van der Waals surface area contributed by atoms with Crippen molar-refractivity contribution in [3.05, 3.63) is 23.3 Å². The molecule has 0 aromatic heterocycles. The molecule has 0 amide bonds. The Morgan fingerprint density at radius 1 is 1.18 bits per heavy atom. The molecule has 0 radical (unpaired) electrons. The number of rotatable bonds is 2. The zero-order valence-electron chi connectivity index (χ0n) is 13.4. The van der Waals surface area contributed by atoms with Crippen LogP contribution in [0.25, 0.3) is 0 Å². The molecule has 4 rings (SSSR count). The van der Waals surface area contributed by atoms with Gasteiger partial charge in [0.05, 0.1) is 0 Å². The van der Waals surface area contributed by atoms with Gasteiger partial charge in [-0.2, -0.15) is 0 Å². The molecule has 2 aliphatic heterocycles. The molecule has 120 valence electrons. The zero-order chi connectivity index (χ0) is 15.2. The molecule has 1 aliphatic carbocycles. The lowest BCUT2D eigenvalue weighted by Crippen LogP contribution is -2.47. The fraction of sp³-hybridized carbons (Fsp3) is 0.667. The van der Waals surface area contributed by atoms with E-state index in [4.69, 9.17) is 15.2 Å². The highest BCUT2D eigenvalue weighted by atomic mass is 16.6. The van der Waals surface area contributed by atoms with Crippen LogP contribution in [0.3, 0.4) is 0 Å². The summed E-state index contributed by atoms with van der Waals surface area (Å²) < 4.78 is 11.7. The van der Waals surface area contributed by atoms with Crippen molar-refractivity contribution in [3.8, 4) is 11.5 Å². The molecule has 0 unspecified atom stereocenters. The lowest BCUT2D eigenvalue weighted by Gasteiger charge is -2.46. The number of fused-ring (bicyclic) bond motifs is 3. The summed E-state index contributed by atoms with van der Waals surface area (Å²) in [6.45, 7) is 6.44. The summed E-state index contributed by atoms with van der Waals surface area (Å²) in [5.41, 5.74) is 9.08. The van der Waals surface area contributed by atoms with Gasteiger partial charge in [0.25, 0.3) is 0 Å². The van der Waals surface area contributed by atoms with Crippen molar-refractivity contribution in [2.24, 2.45) is 5.73 Å². The molecule has 0 saturated heterocycles. The third-order valence-corrected chi connectivity index (χ3v) is 5.77. The van der Waals surface area contributed by atoms with Crippen molar-refractivity contribution in [3.63, 3.8) is 0 Å². The quantitative estimate of drug-likeness (QED) is 0.912. The van der Waals surface area contributed by atoms with Gasteiger partial charge in [-0.15, -0.1) is 0 Å². The summed E-state index contributed by atoms with van der Waals surface area (Å²) in [5, 5.41) is 0. The van der Waals surface area contributed by atoms with E-state index in [2.05, 4.69) is 24.0 Å². The minimum absolute atomic E-state index is 0.298. The van der Waals surface area contributed by atoms with E-state index in [9.17, 15) is 0 Å². The average Bonchev–Trinajstić information content (AvgIpc) is 3.01. The van der Waals surface area contributed by atoms with Crippen LogP contribution in [0.15, 0.2) is 12.1 Å². The third kappa shape index (κ3) is 2.12. The normalized spacial score (nSPS) is 26.2. The predicted molar refractivity (Wildman–Crippen MR) is 86.6 cm³/mol. The molecule has 1 fully saturated rings. The summed E-state index contributed by atoms with van der Waals surface area (Å²) in [4.78, 5) is 2.56. The van der Waals surface area contributed by atoms with Crippen molar-refractivity contribution < 1.29 is 9.47 Å². The fourth-order valence-corrected chi connectivity index (χ4v) is 4.63. The van der Waals surface area contributed by atoms with Crippen LogP contribution in [0.5, 0.6) is 11.5 Å². The van der Waals surface area contributed by atoms with Gasteiger partial charge in [-0.25, -0.2) is 0 Å². The minimum atomic E-state index is 0.298. The van der Waals surface area contributed by atoms with Gasteiger partial charge in [0, 0.05) is 31.1 Å². The van der Waals surface area contributed by atoms with E-state index in [1.165, 1.54) is 36.8 Å². The summed E-state index contributed by atoms with van der Waals surface area (Å²) in [5.74, 6) is 1.86.